The molecule has 0 spiro atoms. The van der Waals surface area contributed by atoms with Crippen molar-refractivity contribution in [3.63, 3.8) is 0 Å². The molecule has 0 atom stereocenters. The lowest BCUT2D eigenvalue weighted by Crippen LogP contribution is -2.27. The van der Waals surface area contributed by atoms with Gasteiger partial charge in [-0.3, -0.25) is 4.79 Å². The normalized spacial score (nSPS) is 13.4. The van der Waals surface area contributed by atoms with Crippen molar-refractivity contribution in [1.29, 1.82) is 0 Å². The SMILES string of the molecule is CN(C)CCCNC(=O)c1ccc(CNc2ncnc3sc4c(c23)CCCC4)cc1. The number of aryl methyl sites for hydroxylation is 2. The van der Waals surface area contributed by atoms with Crippen LogP contribution in [-0.4, -0.2) is 48.0 Å². The lowest BCUT2D eigenvalue weighted by Gasteiger charge is -2.12. The van der Waals surface area contributed by atoms with Crippen molar-refractivity contribution >= 4 is 33.3 Å². The summed E-state index contributed by atoms with van der Waals surface area (Å²) >= 11 is 1.81. The van der Waals surface area contributed by atoms with Gasteiger partial charge >= 0.3 is 0 Å². The lowest BCUT2D eigenvalue weighted by atomic mass is 9.97. The summed E-state index contributed by atoms with van der Waals surface area (Å²) in [7, 11) is 4.07. The molecule has 1 aliphatic rings. The zero-order valence-electron chi connectivity index (χ0n) is 17.7. The van der Waals surface area contributed by atoms with Crippen LogP contribution in [0.5, 0.6) is 0 Å². The molecule has 30 heavy (non-hydrogen) atoms. The number of anilines is 1. The summed E-state index contributed by atoms with van der Waals surface area (Å²) < 4.78 is 0. The Hall–Kier alpha value is -2.51. The molecule has 6 nitrogen and oxygen atoms in total. The van der Waals surface area contributed by atoms with Gasteiger partial charge in [0, 0.05) is 23.5 Å². The quantitative estimate of drug-likeness (QED) is 0.539. The number of nitrogens with zero attached hydrogens (tertiary/aromatic N) is 3. The summed E-state index contributed by atoms with van der Waals surface area (Å²) in [4.78, 5) is 26.0. The van der Waals surface area contributed by atoms with E-state index in [-0.39, 0.29) is 5.91 Å². The maximum atomic E-state index is 12.3. The van der Waals surface area contributed by atoms with Gasteiger partial charge in [-0.2, -0.15) is 0 Å². The molecule has 1 amide bonds. The molecule has 3 aromatic rings. The predicted molar refractivity (Wildman–Crippen MR) is 123 cm³/mol. The molecule has 0 fully saturated rings. The van der Waals surface area contributed by atoms with E-state index in [1.54, 1.807) is 6.33 Å². The van der Waals surface area contributed by atoms with Gasteiger partial charge in [0.1, 0.15) is 17.0 Å². The van der Waals surface area contributed by atoms with Crippen LogP contribution in [0.1, 0.15) is 45.6 Å². The van der Waals surface area contributed by atoms with E-state index in [4.69, 9.17) is 0 Å². The molecule has 0 aliphatic heterocycles. The van der Waals surface area contributed by atoms with E-state index in [2.05, 4.69) is 25.5 Å². The minimum Gasteiger partial charge on any atom is -0.365 e. The third kappa shape index (κ3) is 4.79. The average Bonchev–Trinajstić information content (AvgIpc) is 3.14. The van der Waals surface area contributed by atoms with Gasteiger partial charge in [0.15, 0.2) is 0 Å². The van der Waals surface area contributed by atoms with Gasteiger partial charge in [-0.15, -0.1) is 11.3 Å². The maximum absolute atomic E-state index is 12.3. The van der Waals surface area contributed by atoms with Crippen LogP contribution < -0.4 is 10.6 Å². The van der Waals surface area contributed by atoms with Crippen LogP contribution in [0.3, 0.4) is 0 Å². The number of carbonyl (C=O) groups excluding carboxylic acids is 1. The van der Waals surface area contributed by atoms with Crippen LogP contribution >= 0.6 is 11.3 Å². The zero-order valence-corrected chi connectivity index (χ0v) is 18.5. The largest absolute Gasteiger partial charge is 0.365 e. The Morgan fingerprint density at radius 3 is 2.73 bits per heavy atom. The summed E-state index contributed by atoms with van der Waals surface area (Å²) in [5.41, 5.74) is 3.25. The Morgan fingerprint density at radius 1 is 1.13 bits per heavy atom. The van der Waals surface area contributed by atoms with Crippen molar-refractivity contribution in [2.75, 3.05) is 32.5 Å². The van der Waals surface area contributed by atoms with E-state index in [0.717, 1.165) is 42.0 Å². The number of carbonyl (C=O) groups is 1. The number of fused-ring (bicyclic) bond motifs is 3. The Balaban J connectivity index is 1.38. The molecule has 0 saturated heterocycles. The second-order valence-electron chi connectivity index (χ2n) is 8.08. The minimum atomic E-state index is -0.0179. The number of benzene rings is 1. The van der Waals surface area contributed by atoms with E-state index in [1.165, 1.54) is 28.7 Å². The number of hydrogen-bond donors (Lipinski definition) is 2. The van der Waals surface area contributed by atoms with Gasteiger partial charge in [0.25, 0.3) is 5.91 Å². The van der Waals surface area contributed by atoms with Gasteiger partial charge in [-0.1, -0.05) is 12.1 Å². The fourth-order valence-corrected chi connectivity index (χ4v) is 5.11. The van der Waals surface area contributed by atoms with Crippen LogP contribution in [0.2, 0.25) is 0 Å². The van der Waals surface area contributed by atoms with Crippen molar-refractivity contribution in [2.45, 2.75) is 38.6 Å². The highest BCUT2D eigenvalue weighted by Crippen LogP contribution is 2.38. The van der Waals surface area contributed by atoms with Crippen LogP contribution in [0.25, 0.3) is 10.2 Å². The molecule has 4 rings (SSSR count). The molecular weight excluding hydrogens is 394 g/mol. The molecule has 0 radical (unpaired) electrons. The number of rotatable bonds is 8. The summed E-state index contributed by atoms with van der Waals surface area (Å²) in [5.74, 6) is 0.901. The summed E-state index contributed by atoms with van der Waals surface area (Å²) in [6.45, 7) is 2.32. The molecule has 158 valence electrons. The molecule has 0 saturated carbocycles. The monoisotopic (exact) mass is 423 g/mol. The Morgan fingerprint density at radius 2 is 1.93 bits per heavy atom. The fraction of sp³-hybridized carbons (Fsp3) is 0.435. The number of hydrogen-bond acceptors (Lipinski definition) is 6. The van der Waals surface area contributed by atoms with E-state index in [9.17, 15) is 4.79 Å². The van der Waals surface area contributed by atoms with Crippen LogP contribution in [0.15, 0.2) is 30.6 Å². The highest BCUT2D eigenvalue weighted by molar-refractivity contribution is 7.19. The second kappa shape index (κ2) is 9.53. The lowest BCUT2D eigenvalue weighted by molar-refractivity contribution is 0.0952. The third-order valence-corrected chi connectivity index (χ3v) is 6.69. The smallest absolute Gasteiger partial charge is 0.251 e. The van der Waals surface area contributed by atoms with E-state index in [1.807, 2.05) is 49.7 Å². The molecule has 2 heterocycles. The first kappa shape index (κ1) is 20.8. The van der Waals surface area contributed by atoms with Crippen LogP contribution in [-0.2, 0) is 19.4 Å². The molecule has 2 aromatic heterocycles. The molecule has 1 aromatic carbocycles. The van der Waals surface area contributed by atoms with Gasteiger partial charge in [0.05, 0.1) is 5.39 Å². The summed E-state index contributed by atoms with van der Waals surface area (Å²) in [6, 6.07) is 7.78. The zero-order chi connectivity index (χ0) is 20.9. The number of thiophene rings is 1. The third-order valence-electron chi connectivity index (χ3n) is 5.50. The molecular formula is C23H29N5OS. The average molecular weight is 424 g/mol. The maximum Gasteiger partial charge on any atom is 0.251 e. The van der Waals surface area contributed by atoms with Crippen molar-refractivity contribution in [3.8, 4) is 0 Å². The van der Waals surface area contributed by atoms with Crippen molar-refractivity contribution in [3.05, 3.63) is 52.2 Å². The number of amides is 1. The van der Waals surface area contributed by atoms with Gasteiger partial charge in [0.2, 0.25) is 0 Å². The van der Waals surface area contributed by atoms with E-state index < -0.39 is 0 Å². The first-order valence-corrected chi connectivity index (χ1v) is 11.4. The van der Waals surface area contributed by atoms with Gasteiger partial charge < -0.3 is 15.5 Å². The summed E-state index contributed by atoms with van der Waals surface area (Å²) in [5, 5.41) is 7.67. The molecule has 1 aliphatic carbocycles. The standard InChI is InChI=1S/C23H29N5OS/c1-28(2)13-5-12-24-22(29)17-10-8-16(9-11-17)14-25-21-20-18-6-3-4-7-19(18)30-23(20)27-15-26-21/h8-11,15H,3-7,12-14H2,1-2H3,(H,24,29)(H,25,26,27). The number of aromatic nitrogens is 2. The van der Waals surface area contributed by atoms with E-state index >= 15 is 0 Å². The van der Waals surface area contributed by atoms with Crippen molar-refractivity contribution in [1.82, 2.24) is 20.2 Å². The Bertz CT molecular complexity index is 1010. The van der Waals surface area contributed by atoms with Gasteiger partial charge in [-0.05, 0) is 76.0 Å². The highest BCUT2D eigenvalue weighted by Gasteiger charge is 2.19. The molecule has 0 bridgehead atoms. The molecule has 0 unspecified atom stereocenters. The molecule has 7 heteroatoms. The molecule has 2 N–H and O–H groups in total. The van der Waals surface area contributed by atoms with Gasteiger partial charge in [-0.25, -0.2) is 9.97 Å². The van der Waals surface area contributed by atoms with Crippen molar-refractivity contribution in [2.24, 2.45) is 0 Å². The van der Waals surface area contributed by atoms with Crippen molar-refractivity contribution < 1.29 is 4.79 Å². The highest BCUT2D eigenvalue weighted by atomic mass is 32.1. The first-order chi connectivity index (χ1) is 14.6. The summed E-state index contributed by atoms with van der Waals surface area (Å²) in [6.07, 6.45) is 7.39. The second-order valence-corrected chi connectivity index (χ2v) is 9.16. The Labute approximate surface area is 181 Å². The minimum absolute atomic E-state index is 0.0179. The van der Waals surface area contributed by atoms with Crippen LogP contribution in [0, 0.1) is 0 Å². The fourth-order valence-electron chi connectivity index (χ4n) is 3.88. The Kier molecular flexibility index (Phi) is 6.59. The topological polar surface area (TPSA) is 70.2 Å². The van der Waals surface area contributed by atoms with Crippen LogP contribution in [0.4, 0.5) is 5.82 Å². The predicted octanol–water partition coefficient (Wildman–Crippen LogP) is 3.86. The van der Waals surface area contributed by atoms with E-state index in [0.29, 0.717) is 18.7 Å². The number of nitrogens with one attached hydrogen (secondary N) is 2. The first-order valence-electron chi connectivity index (χ1n) is 10.6.